The average molecular weight is 1210 g/mol. The molecule has 4 amide bonds. The van der Waals surface area contributed by atoms with Crippen molar-refractivity contribution < 1.29 is 58.7 Å². The summed E-state index contributed by atoms with van der Waals surface area (Å²) in [6.45, 7) is 22.5. The average Bonchev–Trinajstić information content (AvgIpc) is 1.74. The van der Waals surface area contributed by atoms with Gasteiger partial charge >= 0.3 is 12.2 Å². The second-order valence-electron chi connectivity index (χ2n) is 24.8. The maximum absolute atomic E-state index is 13.8. The molecular weight excluding hydrogens is 1110 g/mol. The summed E-state index contributed by atoms with van der Waals surface area (Å²) >= 11 is 0. The van der Waals surface area contributed by atoms with Gasteiger partial charge in [-0.2, -0.15) is 0 Å². The van der Waals surface area contributed by atoms with E-state index in [9.17, 15) is 49.2 Å². The number of ketones is 2. The van der Waals surface area contributed by atoms with Crippen LogP contribution in [0.3, 0.4) is 0 Å². The van der Waals surface area contributed by atoms with Crippen LogP contribution in [0.1, 0.15) is 131 Å². The zero-order chi connectivity index (χ0) is 65.1. The van der Waals surface area contributed by atoms with Gasteiger partial charge in [-0.15, -0.1) is 0 Å². The zero-order valence-electron chi connectivity index (χ0n) is 53.3. The fourth-order valence-corrected chi connectivity index (χ4v) is 12.2. The minimum atomic E-state index is -0.904. The highest BCUT2D eigenvalue weighted by Crippen LogP contribution is 2.41. The van der Waals surface area contributed by atoms with Gasteiger partial charge in [0.2, 0.25) is 5.78 Å². The standard InChI is InChI=1S/C36H48N2O6.C36H46N2O6/c2*1-21-17-24(4)32(40)25(5)19-26(6)34(44-36(37)43)22(2)11-10-12-23(3)35(42)38-30-20-31(39)28(29(18-21)33(30)41)16-15-27-13-8-7-9-14-27/h7-14,19-22,24-25,32,34,39-41H,15-18H2,1-6H3,(H2,37,43)(H,38,42);7-14,19-22,24-25,32,34,40H,15-18H2,1-6H3,(H2,37,43)(H,38,42)/b2*11-10-,23-12+,26-19+/t2*21-,22-,24-,25-,32-,34+/m00/s1. The van der Waals surface area contributed by atoms with Gasteiger partial charge in [0.1, 0.15) is 23.7 Å². The zero-order valence-corrected chi connectivity index (χ0v) is 53.3. The van der Waals surface area contributed by atoms with Gasteiger partial charge in [0.25, 0.3) is 11.8 Å². The number of rotatable bonds is 8. The SMILES string of the molecule is C/C1=C\C=C/[C@H](C)[C@@H](OC(N)=O)/C(C)=C/[C@H](C)[C@@H](O)[C@@H](C)C[C@H](C)CC2=C(CCc3ccccc3)C(=O)C=C(NC1=O)C2=O.C/C1=C\C=C/[C@H](C)[C@@H](OC(N)=O)/C(C)=C/[C@H](C)[C@@H](O)[C@@H](C)C[C@H](C)Cc2c(O)c(cc(O)c2CCc2ccccc2)NC1=O. The predicted molar refractivity (Wildman–Crippen MR) is 345 cm³/mol. The molecule has 0 saturated carbocycles. The van der Waals surface area contributed by atoms with Crippen LogP contribution in [-0.4, -0.2) is 80.4 Å². The van der Waals surface area contributed by atoms with Crippen molar-refractivity contribution in [1.82, 2.24) is 5.32 Å². The van der Waals surface area contributed by atoms with Crippen molar-refractivity contribution >= 4 is 41.3 Å². The Kier molecular flexibility index (Phi) is 26.8. The lowest BCUT2D eigenvalue weighted by atomic mass is 9.80. The number of phenols is 2. The molecule has 3 aliphatic rings. The Hall–Kier alpha value is -8.08. The Bertz CT molecular complexity index is 3220. The molecule has 0 saturated heterocycles. The molecule has 6 rings (SSSR count). The first-order valence-electron chi connectivity index (χ1n) is 30.7. The monoisotopic (exact) mass is 1210 g/mol. The van der Waals surface area contributed by atoms with Crippen LogP contribution in [0.2, 0.25) is 0 Å². The highest BCUT2D eigenvalue weighted by Gasteiger charge is 2.33. The number of phenolic OH excluding ortho intramolecular Hbond substituents is 2. The number of aryl methyl sites for hydroxylation is 2. The fourth-order valence-electron chi connectivity index (χ4n) is 12.2. The second kappa shape index (κ2) is 33.3. The van der Waals surface area contributed by atoms with Gasteiger partial charge in [-0.05, 0) is 125 Å². The summed E-state index contributed by atoms with van der Waals surface area (Å²) in [6, 6.07) is 21.1. The van der Waals surface area contributed by atoms with Crippen LogP contribution in [0, 0.1) is 47.3 Å². The van der Waals surface area contributed by atoms with Gasteiger partial charge in [-0.25, -0.2) is 9.59 Å². The smallest absolute Gasteiger partial charge is 0.405 e. The van der Waals surface area contributed by atoms with Crippen LogP contribution >= 0.6 is 0 Å². The lowest BCUT2D eigenvalue weighted by Gasteiger charge is -2.28. The molecule has 1 aliphatic carbocycles. The fraction of sp³-hybridized carbons (Fsp3) is 0.444. The summed E-state index contributed by atoms with van der Waals surface area (Å²) in [6.07, 6.45) is 15.0. The van der Waals surface area contributed by atoms with Crippen LogP contribution < -0.4 is 22.1 Å². The molecule has 2 aliphatic heterocycles. The molecule has 88 heavy (non-hydrogen) atoms. The number of allylic oxidation sites excluding steroid dienone is 7. The van der Waals surface area contributed by atoms with Crippen molar-refractivity contribution in [3.05, 3.63) is 183 Å². The van der Waals surface area contributed by atoms with Crippen molar-refractivity contribution in [3.8, 4) is 11.5 Å². The highest BCUT2D eigenvalue weighted by atomic mass is 16.6. The third kappa shape index (κ3) is 20.5. The normalized spacial score (nSPS) is 29.7. The molecule has 12 atom stereocenters. The van der Waals surface area contributed by atoms with Crippen LogP contribution in [0.5, 0.6) is 11.5 Å². The molecule has 2 heterocycles. The predicted octanol–water partition coefficient (Wildman–Crippen LogP) is 12.3. The lowest BCUT2D eigenvalue weighted by molar-refractivity contribution is -0.120. The maximum atomic E-state index is 13.8. The van der Waals surface area contributed by atoms with Crippen molar-refractivity contribution in [2.75, 3.05) is 5.32 Å². The van der Waals surface area contributed by atoms with E-state index < -0.39 is 48.4 Å². The molecule has 10 N–H and O–H groups in total. The molecule has 3 aromatic rings. The van der Waals surface area contributed by atoms with Gasteiger partial charge in [0.05, 0.1) is 23.6 Å². The first-order chi connectivity index (χ1) is 41.6. The summed E-state index contributed by atoms with van der Waals surface area (Å²) in [5, 5.41) is 50.6. The molecule has 0 fully saturated rings. The van der Waals surface area contributed by atoms with Gasteiger partial charge in [-0.3, -0.25) is 19.2 Å². The van der Waals surface area contributed by atoms with Crippen molar-refractivity contribution in [3.63, 3.8) is 0 Å². The topological polar surface area (TPSA) is 278 Å². The Balaban J connectivity index is 0.000000321. The summed E-state index contributed by atoms with van der Waals surface area (Å²) in [5.74, 6) is -2.92. The Morgan fingerprint density at radius 3 is 1.50 bits per heavy atom. The summed E-state index contributed by atoms with van der Waals surface area (Å²) < 4.78 is 10.9. The first-order valence-corrected chi connectivity index (χ1v) is 30.7. The van der Waals surface area contributed by atoms with E-state index in [-0.39, 0.29) is 81.8 Å². The van der Waals surface area contributed by atoms with Gasteiger partial charge in [-0.1, -0.05) is 165 Å². The quantitative estimate of drug-likeness (QED) is 0.0453. The maximum Gasteiger partial charge on any atom is 0.405 e. The van der Waals surface area contributed by atoms with E-state index in [0.717, 1.165) is 22.3 Å². The molecule has 0 radical (unpaired) electrons. The Morgan fingerprint density at radius 1 is 0.591 bits per heavy atom. The van der Waals surface area contributed by atoms with E-state index in [1.807, 2.05) is 141 Å². The first kappa shape index (κ1) is 70.7. The number of hydrogen-bond donors (Lipinski definition) is 8. The molecule has 0 unspecified atom stereocenters. The number of carbonyl (C=O) groups is 6. The number of aliphatic hydroxyl groups is 2. The van der Waals surface area contributed by atoms with E-state index in [1.54, 1.807) is 44.2 Å². The van der Waals surface area contributed by atoms with E-state index >= 15 is 0 Å². The Morgan fingerprint density at radius 2 is 1.03 bits per heavy atom. The van der Waals surface area contributed by atoms with Gasteiger partial charge in [0.15, 0.2) is 5.78 Å². The molecule has 16 nitrogen and oxygen atoms in total. The van der Waals surface area contributed by atoms with E-state index in [0.29, 0.717) is 84.8 Å². The molecule has 0 spiro atoms. The van der Waals surface area contributed by atoms with Crippen molar-refractivity contribution in [2.24, 2.45) is 58.8 Å². The minimum absolute atomic E-state index is 0.0142. The minimum Gasteiger partial charge on any atom is -0.508 e. The molecular formula is C72H94N4O12. The number of carbonyl (C=O) groups excluding carboxylic acids is 6. The third-order valence-electron chi connectivity index (χ3n) is 17.0. The van der Waals surface area contributed by atoms with Gasteiger partial charge in [0, 0.05) is 69.2 Å². The number of nitrogens with one attached hydrogen (secondary N) is 2. The van der Waals surface area contributed by atoms with Crippen LogP contribution in [0.4, 0.5) is 15.3 Å². The molecule has 3 aromatic carbocycles. The second-order valence-corrected chi connectivity index (χ2v) is 24.8. The highest BCUT2D eigenvalue weighted by molar-refractivity contribution is 6.23. The summed E-state index contributed by atoms with van der Waals surface area (Å²) in [5.41, 5.74) is 17.4. The number of Topliss-reactive ketones (excluding diaryl/α,β-unsaturated/α-hetero) is 1. The summed E-state index contributed by atoms with van der Waals surface area (Å²) in [7, 11) is 0. The molecule has 4 bridgehead atoms. The number of ether oxygens (including phenoxy) is 2. The number of hydrogen-bond acceptors (Lipinski definition) is 12. The molecule has 474 valence electrons. The third-order valence-corrected chi connectivity index (χ3v) is 17.0. The number of benzene rings is 3. The van der Waals surface area contributed by atoms with Crippen molar-refractivity contribution in [2.45, 2.75) is 159 Å². The van der Waals surface area contributed by atoms with E-state index in [1.165, 1.54) is 12.1 Å². The molecule has 16 heteroatoms. The summed E-state index contributed by atoms with van der Waals surface area (Å²) in [4.78, 5) is 76.8. The number of fused-ring (bicyclic) bond motifs is 4. The van der Waals surface area contributed by atoms with Crippen molar-refractivity contribution in [1.29, 1.82) is 0 Å². The number of anilines is 1. The van der Waals surface area contributed by atoms with Crippen LogP contribution in [0.25, 0.3) is 0 Å². The number of aromatic hydroxyl groups is 2. The number of nitrogens with two attached hydrogens (primary N) is 2. The number of amides is 4. The molecule has 0 aromatic heterocycles. The Labute approximate surface area is 520 Å². The van der Waals surface area contributed by atoms with Gasteiger partial charge < -0.3 is 52.0 Å². The lowest BCUT2D eigenvalue weighted by Crippen LogP contribution is -2.33. The van der Waals surface area contributed by atoms with Crippen LogP contribution in [0.15, 0.2) is 161 Å². The van der Waals surface area contributed by atoms with E-state index in [4.69, 9.17) is 20.9 Å². The van der Waals surface area contributed by atoms with Crippen LogP contribution in [-0.2, 0) is 54.3 Å². The van der Waals surface area contributed by atoms with E-state index in [2.05, 4.69) is 17.6 Å². The number of aliphatic hydroxyl groups excluding tert-OH is 2. The largest absolute Gasteiger partial charge is 0.508 e. The number of primary amides is 2.